The summed E-state index contributed by atoms with van der Waals surface area (Å²) in [4.78, 5) is 11.9. The first-order chi connectivity index (χ1) is 9.15. The van der Waals surface area contributed by atoms with Crippen LogP contribution >= 0.6 is 11.6 Å². The van der Waals surface area contributed by atoms with E-state index in [4.69, 9.17) is 11.6 Å². The normalized spacial score (nSPS) is 15.5. The van der Waals surface area contributed by atoms with Gasteiger partial charge in [0.1, 0.15) is 5.82 Å². The minimum Gasteiger partial charge on any atom is -0.321 e. The van der Waals surface area contributed by atoms with E-state index in [1.807, 2.05) is 12.1 Å². The van der Waals surface area contributed by atoms with Crippen LogP contribution in [-0.4, -0.2) is 5.91 Å². The molecule has 0 spiro atoms. The second kappa shape index (κ2) is 4.52. The highest BCUT2D eigenvalue weighted by molar-refractivity contribution is 6.37. The molecule has 2 nitrogen and oxygen atoms in total. The highest BCUT2D eigenvalue weighted by Gasteiger charge is 2.24. The lowest BCUT2D eigenvalue weighted by atomic mass is 10.0. The highest BCUT2D eigenvalue weighted by Crippen LogP contribution is 2.34. The van der Waals surface area contributed by atoms with Crippen molar-refractivity contribution in [3.8, 4) is 0 Å². The fourth-order valence-electron chi connectivity index (χ4n) is 2.05. The number of nitrogens with one attached hydrogen (secondary N) is 1. The average molecular weight is 274 g/mol. The third-order valence-corrected chi connectivity index (χ3v) is 3.31. The number of carbonyl (C=O) groups excluding carboxylic acids is 1. The molecule has 0 saturated carbocycles. The summed E-state index contributed by atoms with van der Waals surface area (Å²) in [6.07, 6.45) is 1.67. The Kier molecular flexibility index (Phi) is 2.84. The zero-order valence-corrected chi connectivity index (χ0v) is 10.5. The molecule has 0 atom stereocenters. The van der Waals surface area contributed by atoms with Gasteiger partial charge in [-0.05, 0) is 35.9 Å². The number of hydrogen-bond donors (Lipinski definition) is 1. The first-order valence-electron chi connectivity index (χ1n) is 5.72. The van der Waals surface area contributed by atoms with Crippen molar-refractivity contribution in [2.75, 3.05) is 5.32 Å². The summed E-state index contributed by atoms with van der Waals surface area (Å²) in [5.74, 6) is -0.624. The van der Waals surface area contributed by atoms with Crippen molar-refractivity contribution < 1.29 is 9.18 Å². The van der Waals surface area contributed by atoms with Gasteiger partial charge in [-0.25, -0.2) is 4.39 Å². The van der Waals surface area contributed by atoms with Gasteiger partial charge in [-0.1, -0.05) is 29.8 Å². The molecule has 2 aromatic rings. The molecule has 19 heavy (non-hydrogen) atoms. The summed E-state index contributed by atoms with van der Waals surface area (Å²) < 4.78 is 13.3. The molecule has 1 amide bonds. The maximum absolute atomic E-state index is 13.3. The zero-order valence-electron chi connectivity index (χ0n) is 9.78. The molecule has 0 aliphatic carbocycles. The summed E-state index contributed by atoms with van der Waals surface area (Å²) in [6, 6.07) is 11.4. The quantitative estimate of drug-likeness (QED) is 0.783. The summed E-state index contributed by atoms with van der Waals surface area (Å²) in [6.45, 7) is 0. The van der Waals surface area contributed by atoms with E-state index in [1.165, 1.54) is 12.1 Å². The van der Waals surface area contributed by atoms with E-state index in [2.05, 4.69) is 5.32 Å². The van der Waals surface area contributed by atoms with E-state index in [0.717, 1.165) is 5.56 Å². The molecule has 1 heterocycles. The number of carbonyl (C=O) groups is 1. The van der Waals surface area contributed by atoms with E-state index < -0.39 is 0 Å². The molecule has 1 aliphatic heterocycles. The van der Waals surface area contributed by atoms with Gasteiger partial charge >= 0.3 is 0 Å². The Labute approximate surface area is 114 Å². The van der Waals surface area contributed by atoms with Crippen molar-refractivity contribution in [2.45, 2.75) is 0 Å². The molecule has 0 aromatic heterocycles. The number of anilines is 1. The molecule has 1 N–H and O–H groups in total. The highest BCUT2D eigenvalue weighted by atomic mass is 35.5. The molecule has 0 fully saturated rings. The van der Waals surface area contributed by atoms with Gasteiger partial charge in [0.05, 0.1) is 0 Å². The number of halogens is 2. The number of hydrogen-bond acceptors (Lipinski definition) is 1. The maximum Gasteiger partial charge on any atom is 0.256 e. The zero-order chi connectivity index (χ0) is 13.4. The summed E-state index contributed by atoms with van der Waals surface area (Å²) >= 11 is 6.06. The molecule has 0 unspecified atom stereocenters. The standard InChI is InChI=1S/C15H9ClFNO/c16-13-4-2-1-3-9(13)7-12-11-8-10(17)5-6-14(11)18-15(12)19/h1-8H,(H,18,19). The first kappa shape index (κ1) is 11.9. The van der Waals surface area contributed by atoms with Gasteiger partial charge in [-0.15, -0.1) is 0 Å². The molecule has 0 saturated heterocycles. The van der Waals surface area contributed by atoms with Crippen molar-refractivity contribution in [3.05, 3.63) is 64.4 Å². The van der Waals surface area contributed by atoms with Gasteiger partial charge in [-0.3, -0.25) is 4.79 Å². The average Bonchev–Trinajstić information content (AvgIpc) is 2.69. The lowest BCUT2D eigenvalue weighted by molar-refractivity contribution is -0.110. The van der Waals surface area contributed by atoms with Gasteiger partial charge in [0, 0.05) is 21.8 Å². The van der Waals surface area contributed by atoms with Crippen LogP contribution in [0.5, 0.6) is 0 Å². The number of amides is 1. The van der Waals surface area contributed by atoms with E-state index in [1.54, 1.807) is 24.3 Å². The van der Waals surface area contributed by atoms with Gasteiger partial charge < -0.3 is 5.32 Å². The number of fused-ring (bicyclic) bond motifs is 1. The second-order valence-corrected chi connectivity index (χ2v) is 4.63. The Balaban J connectivity index is 2.14. The van der Waals surface area contributed by atoms with E-state index in [-0.39, 0.29) is 11.7 Å². The van der Waals surface area contributed by atoms with Crippen LogP contribution in [0.25, 0.3) is 11.6 Å². The predicted molar refractivity (Wildman–Crippen MR) is 74.4 cm³/mol. The molecule has 94 valence electrons. The lowest BCUT2D eigenvalue weighted by Crippen LogP contribution is -2.03. The third-order valence-electron chi connectivity index (χ3n) is 2.97. The SMILES string of the molecule is O=C1Nc2ccc(F)cc2C1=Cc1ccccc1Cl. The molecular weight excluding hydrogens is 265 g/mol. The summed E-state index contributed by atoms with van der Waals surface area (Å²) in [5.41, 5.74) is 2.32. The summed E-state index contributed by atoms with van der Waals surface area (Å²) in [7, 11) is 0. The monoisotopic (exact) mass is 273 g/mol. The minimum absolute atomic E-state index is 0.250. The van der Waals surface area contributed by atoms with Crippen molar-refractivity contribution in [1.82, 2.24) is 0 Å². The van der Waals surface area contributed by atoms with Crippen LogP contribution in [0, 0.1) is 5.82 Å². The second-order valence-electron chi connectivity index (χ2n) is 4.22. The van der Waals surface area contributed by atoms with Crippen molar-refractivity contribution in [3.63, 3.8) is 0 Å². The van der Waals surface area contributed by atoms with E-state index in [9.17, 15) is 9.18 Å². The Morgan fingerprint density at radius 3 is 2.74 bits per heavy atom. The van der Waals surface area contributed by atoms with Crippen molar-refractivity contribution in [1.29, 1.82) is 0 Å². The maximum atomic E-state index is 13.3. The van der Waals surface area contributed by atoms with Gasteiger partial charge in [0.15, 0.2) is 0 Å². The van der Waals surface area contributed by atoms with E-state index in [0.29, 0.717) is 21.8 Å². The molecule has 2 aromatic carbocycles. The Morgan fingerprint density at radius 2 is 1.95 bits per heavy atom. The van der Waals surface area contributed by atoms with Crippen molar-refractivity contribution >= 4 is 34.8 Å². The van der Waals surface area contributed by atoms with Gasteiger partial charge in [0.2, 0.25) is 0 Å². The fourth-order valence-corrected chi connectivity index (χ4v) is 2.24. The predicted octanol–water partition coefficient (Wildman–Crippen LogP) is 3.97. The summed E-state index contributed by atoms with van der Waals surface area (Å²) in [5, 5.41) is 3.25. The van der Waals surface area contributed by atoms with E-state index >= 15 is 0 Å². The topological polar surface area (TPSA) is 29.1 Å². The lowest BCUT2D eigenvalue weighted by Gasteiger charge is -2.00. The van der Waals surface area contributed by atoms with Crippen LogP contribution in [0.3, 0.4) is 0 Å². The molecule has 3 rings (SSSR count). The van der Waals surface area contributed by atoms with Crippen LogP contribution in [0.2, 0.25) is 5.02 Å². The van der Waals surface area contributed by atoms with Gasteiger partial charge in [0.25, 0.3) is 5.91 Å². The molecule has 4 heteroatoms. The smallest absolute Gasteiger partial charge is 0.256 e. The Morgan fingerprint density at radius 1 is 1.16 bits per heavy atom. The van der Waals surface area contributed by atoms with Crippen LogP contribution in [0.4, 0.5) is 10.1 Å². The molecule has 0 radical (unpaired) electrons. The molecular formula is C15H9ClFNO. The van der Waals surface area contributed by atoms with Crippen molar-refractivity contribution in [2.24, 2.45) is 0 Å². The largest absolute Gasteiger partial charge is 0.321 e. The number of rotatable bonds is 1. The molecule has 0 bridgehead atoms. The fraction of sp³-hybridized carbons (Fsp3) is 0. The first-order valence-corrected chi connectivity index (χ1v) is 6.10. The van der Waals surface area contributed by atoms with Gasteiger partial charge in [-0.2, -0.15) is 0 Å². The minimum atomic E-state index is -0.375. The van der Waals surface area contributed by atoms with Crippen LogP contribution in [0.1, 0.15) is 11.1 Å². The molecule has 1 aliphatic rings. The Bertz CT molecular complexity index is 709. The van der Waals surface area contributed by atoms with Crippen LogP contribution in [0.15, 0.2) is 42.5 Å². The number of benzene rings is 2. The Hall–Kier alpha value is -2.13. The van der Waals surface area contributed by atoms with Crippen LogP contribution in [-0.2, 0) is 4.79 Å². The van der Waals surface area contributed by atoms with Crippen LogP contribution < -0.4 is 5.32 Å². The third kappa shape index (κ3) is 2.13.